The van der Waals surface area contributed by atoms with Gasteiger partial charge in [-0.3, -0.25) is 4.79 Å². The number of cyclic esters (lactones) is 1. The normalized spacial score (nSPS) is 14.8. The molecule has 0 saturated heterocycles. The molecule has 1 N–H and O–H groups in total. The maximum absolute atomic E-state index is 13.5. The minimum absolute atomic E-state index is 0.0322. The highest BCUT2D eigenvalue weighted by Gasteiger charge is 2.39. The number of benzene rings is 4. The van der Waals surface area contributed by atoms with E-state index in [2.05, 4.69) is 31.3 Å². The Kier molecular flexibility index (Phi) is 5.04. The fourth-order valence-corrected chi connectivity index (χ4v) is 8.72. The van der Waals surface area contributed by atoms with Crippen LogP contribution in [0.1, 0.15) is 31.8 Å². The Balaban J connectivity index is 1.78. The first-order chi connectivity index (χ1) is 17.7. The van der Waals surface area contributed by atoms with Crippen LogP contribution in [-0.4, -0.2) is 51.2 Å². The number of hydrogen-bond acceptors (Lipinski definition) is 6. The van der Waals surface area contributed by atoms with Crippen molar-refractivity contribution in [2.45, 2.75) is 26.2 Å². The van der Waals surface area contributed by atoms with Crippen LogP contribution in [-0.2, 0) is 17.9 Å². The molecule has 0 fully saturated rings. The fraction of sp³-hybridized carbons (Fsp3) is 0.241. The first-order valence-corrected chi connectivity index (χ1v) is 15.1. The van der Waals surface area contributed by atoms with Gasteiger partial charge in [0.15, 0.2) is 0 Å². The van der Waals surface area contributed by atoms with Crippen molar-refractivity contribution in [2.75, 3.05) is 21.3 Å². The quantitative estimate of drug-likeness (QED) is 0.254. The minimum Gasteiger partial charge on any atom is -0.506 e. The van der Waals surface area contributed by atoms with Crippen LogP contribution in [0, 0.1) is 0 Å². The average molecular weight is 514 g/mol. The van der Waals surface area contributed by atoms with Gasteiger partial charge in [-0.2, -0.15) is 0 Å². The molecule has 0 aromatic heterocycles. The van der Waals surface area contributed by atoms with Crippen molar-refractivity contribution in [3.8, 4) is 17.2 Å². The SMILES string of the molecule is COc1c2c(c(OC)c3c(O)c4c5c(c([Si](C)(C)c6ccccc6)cc4cc13)C(=O)N(C)C5)C(=O)OC2. The van der Waals surface area contributed by atoms with E-state index in [0.717, 1.165) is 16.1 Å². The fourth-order valence-electron chi connectivity index (χ4n) is 5.99. The van der Waals surface area contributed by atoms with E-state index in [4.69, 9.17) is 14.2 Å². The largest absolute Gasteiger partial charge is 0.506 e. The van der Waals surface area contributed by atoms with Crippen LogP contribution >= 0.6 is 0 Å². The monoisotopic (exact) mass is 513 g/mol. The summed E-state index contributed by atoms with van der Waals surface area (Å²) in [5.41, 5.74) is 2.32. The summed E-state index contributed by atoms with van der Waals surface area (Å²) in [6, 6.07) is 14.3. The van der Waals surface area contributed by atoms with Crippen molar-refractivity contribution in [3.05, 3.63) is 64.7 Å². The zero-order valence-electron chi connectivity index (χ0n) is 21.4. The van der Waals surface area contributed by atoms with Crippen molar-refractivity contribution in [3.63, 3.8) is 0 Å². The standard InChI is InChI=1S/C29H27NO6Si/c1-30-13-18-21-15(12-20(22(18)28(30)32)37(4,5)16-9-7-6-8-10-16)11-17-23(25(21)31)27(35-3)24-19(26(17)34-2)14-36-29(24)33/h6-12,31H,13-14H2,1-5H3. The van der Waals surface area contributed by atoms with Crippen LogP contribution in [0.3, 0.4) is 0 Å². The number of aromatic hydroxyl groups is 1. The molecular weight excluding hydrogens is 486 g/mol. The first-order valence-electron chi connectivity index (χ1n) is 12.1. The Morgan fingerprint density at radius 3 is 2.32 bits per heavy atom. The Labute approximate surface area is 215 Å². The third-order valence-corrected chi connectivity index (χ3v) is 11.4. The van der Waals surface area contributed by atoms with Crippen molar-refractivity contribution >= 4 is 51.9 Å². The third kappa shape index (κ3) is 3.05. The first kappa shape index (κ1) is 23.4. The predicted octanol–water partition coefficient (Wildman–Crippen LogP) is 3.79. The van der Waals surface area contributed by atoms with Gasteiger partial charge in [0, 0.05) is 29.9 Å². The summed E-state index contributed by atoms with van der Waals surface area (Å²) >= 11 is 0. The number of carbonyl (C=O) groups excluding carboxylic acids is 2. The molecule has 1 amide bonds. The van der Waals surface area contributed by atoms with Crippen molar-refractivity contribution in [1.29, 1.82) is 0 Å². The van der Waals surface area contributed by atoms with Gasteiger partial charge in [-0.25, -0.2) is 4.79 Å². The van der Waals surface area contributed by atoms with Gasteiger partial charge in [0.2, 0.25) is 0 Å². The summed E-state index contributed by atoms with van der Waals surface area (Å²) in [7, 11) is 2.48. The third-order valence-electron chi connectivity index (χ3n) is 7.86. The van der Waals surface area contributed by atoms with E-state index in [9.17, 15) is 14.7 Å². The van der Waals surface area contributed by atoms with Gasteiger partial charge in [-0.05, 0) is 22.2 Å². The lowest BCUT2D eigenvalue weighted by Gasteiger charge is -2.27. The molecule has 0 bridgehead atoms. The molecule has 6 rings (SSSR count). The number of fused-ring (bicyclic) bond motifs is 5. The van der Waals surface area contributed by atoms with Gasteiger partial charge >= 0.3 is 5.97 Å². The van der Waals surface area contributed by atoms with Crippen LogP contribution in [0.25, 0.3) is 21.5 Å². The van der Waals surface area contributed by atoms with E-state index in [0.29, 0.717) is 39.6 Å². The number of phenolic OH excluding ortho intramolecular Hbond substituents is 1. The number of ether oxygens (including phenoxy) is 3. The molecule has 0 aliphatic carbocycles. The van der Waals surface area contributed by atoms with Crippen LogP contribution in [0.4, 0.5) is 0 Å². The van der Waals surface area contributed by atoms with Gasteiger partial charge in [0.05, 0.1) is 25.2 Å². The van der Waals surface area contributed by atoms with Gasteiger partial charge in [-0.15, -0.1) is 0 Å². The molecule has 0 saturated carbocycles. The van der Waals surface area contributed by atoms with Gasteiger partial charge in [0.1, 0.15) is 37.5 Å². The number of phenols is 1. The maximum atomic E-state index is 13.5. The second-order valence-corrected chi connectivity index (χ2v) is 14.5. The molecule has 2 aliphatic rings. The zero-order valence-corrected chi connectivity index (χ0v) is 22.4. The Morgan fingerprint density at radius 1 is 0.946 bits per heavy atom. The molecule has 2 aliphatic heterocycles. The summed E-state index contributed by atoms with van der Waals surface area (Å²) in [6.45, 7) is 4.94. The highest BCUT2D eigenvalue weighted by molar-refractivity contribution is 7.01. The van der Waals surface area contributed by atoms with Gasteiger partial charge in [0.25, 0.3) is 5.91 Å². The van der Waals surface area contributed by atoms with Crippen molar-refractivity contribution < 1.29 is 28.9 Å². The van der Waals surface area contributed by atoms with Gasteiger partial charge < -0.3 is 24.2 Å². The van der Waals surface area contributed by atoms with Crippen molar-refractivity contribution in [2.24, 2.45) is 0 Å². The molecule has 4 aromatic rings. The molecule has 0 atom stereocenters. The molecule has 0 unspecified atom stereocenters. The van der Waals surface area contributed by atoms with E-state index < -0.39 is 14.0 Å². The molecule has 0 radical (unpaired) electrons. The van der Waals surface area contributed by atoms with E-state index >= 15 is 0 Å². The Morgan fingerprint density at radius 2 is 1.65 bits per heavy atom. The number of amides is 1. The van der Waals surface area contributed by atoms with Crippen LogP contribution < -0.4 is 19.8 Å². The topological polar surface area (TPSA) is 85.3 Å². The number of carbonyl (C=O) groups is 2. The number of esters is 1. The lowest BCUT2D eigenvalue weighted by Crippen LogP contribution is -2.54. The smallest absolute Gasteiger partial charge is 0.342 e. The summed E-state index contributed by atoms with van der Waals surface area (Å²) in [5, 5.41) is 16.5. The van der Waals surface area contributed by atoms with E-state index in [-0.39, 0.29) is 29.6 Å². The maximum Gasteiger partial charge on any atom is 0.342 e. The van der Waals surface area contributed by atoms with Crippen LogP contribution in [0.2, 0.25) is 13.1 Å². The van der Waals surface area contributed by atoms with E-state index in [1.807, 2.05) is 24.3 Å². The molecule has 4 aromatic carbocycles. The number of methoxy groups -OCH3 is 2. The van der Waals surface area contributed by atoms with Crippen LogP contribution in [0.5, 0.6) is 17.2 Å². The lowest BCUT2D eigenvalue weighted by atomic mass is 9.92. The molecule has 7 nitrogen and oxygen atoms in total. The number of nitrogens with zero attached hydrogens (tertiary/aromatic N) is 1. The molecule has 37 heavy (non-hydrogen) atoms. The van der Waals surface area contributed by atoms with Gasteiger partial charge in [-0.1, -0.05) is 54.7 Å². The minimum atomic E-state index is -2.30. The molecule has 0 spiro atoms. The average Bonchev–Trinajstić information content (AvgIpc) is 3.41. The Bertz CT molecular complexity index is 1660. The van der Waals surface area contributed by atoms with E-state index in [1.54, 1.807) is 19.1 Å². The molecular formula is C29H27NO6Si. The summed E-state index contributed by atoms with van der Waals surface area (Å²) in [6.07, 6.45) is 0. The number of rotatable bonds is 4. The van der Waals surface area contributed by atoms with Crippen molar-refractivity contribution in [1.82, 2.24) is 4.90 Å². The van der Waals surface area contributed by atoms with Crippen LogP contribution in [0.15, 0.2) is 42.5 Å². The molecule has 188 valence electrons. The zero-order chi connectivity index (χ0) is 26.2. The predicted molar refractivity (Wildman–Crippen MR) is 144 cm³/mol. The van der Waals surface area contributed by atoms with E-state index in [1.165, 1.54) is 12.3 Å². The molecule has 8 heteroatoms. The summed E-state index contributed by atoms with van der Waals surface area (Å²) in [5.74, 6) is 0.128. The summed E-state index contributed by atoms with van der Waals surface area (Å²) in [4.78, 5) is 27.8. The highest BCUT2D eigenvalue weighted by Crippen LogP contribution is 2.50. The molecule has 2 heterocycles. The number of hydrogen-bond donors (Lipinski definition) is 1. The lowest BCUT2D eigenvalue weighted by molar-refractivity contribution is 0.0532. The second-order valence-electron chi connectivity index (χ2n) is 10.2. The highest BCUT2D eigenvalue weighted by atomic mass is 28.3. The summed E-state index contributed by atoms with van der Waals surface area (Å²) < 4.78 is 16.7. The Hall–Kier alpha value is -4.04. The second kappa shape index (κ2) is 7.98.